The molecular formula is C29H24ClN3O8S. The van der Waals surface area contributed by atoms with Crippen molar-refractivity contribution in [2.75, 3.05) is 20.8 Å². The number of carbonyl (C=O) groups excluding carboxylic acids is 1. The highest BCUT2D eigenvalue weighted by atomic mass is 35.5. The van der Waals surface area contributed by atoms with Gasteiger partial charge in [-0.3, -0.25) is 19.5 Å². The van der Waals surface area contributed by atoms with Crippen LogP contribution < -0.4 is 24.4 Å². The summed E-state index contributed by atoms with van der Waals surface area (Å²) in [6, 6.07) is 11.5. The Kier molecular flexibility index (Phi) is 8.01. The van der Waals surface area contributed by atoms with Gasteiger partial charge in [-0.25, -0.2) is 9.79 Å². The van der Waals surface area contributed by atoms with E-state index < -0.39 is 22.5 Å². The monoisotopic (exact) mass is 609 g/mol. The van der Waals surface area contributed by atoms with E-state index in [-0.39, 0.29) is 27.4 Å². The summed E-state index contributed by atoms with van der Waals surface area (Å²) in [6.45, 7) is 3.53. The number of halogens is 1. The molecule has 42 heavy (non-hydrogen) atoms. The molecule has 0 saturated heterocycles. The molecule has 1 aliphatic heterocycles. The molecule has 11 nitrogen and oxygen atoms in total. The minimum Gasteiger partial charge on any atom is -0.497 e. The summed E-state index contributed by atoms with van der Waals surface area (Å²) in [6.07, 6.45) is 1.55. The number of hydrogen-bond donors (Lipinski definition) is 0. The minimum absolute atomic E-state index is 0.137. The van der Waals surface area contributed by atoms with Crippen molar-refractivity contribution < 1.29 is 28.3 Å². The average molecular weight is 610 g/mol. The number of methoxy groups -OCH3 is 2. The number of non-ortho nitro benzene ring substituents is 1. The van der Waals surface area contributed by atoms with Gasteiger partial charge in [0.1, 0.15) is 29.1 Å². The second-order valence-electron chi connectivity index (χ2n) is 9.03. The third-order valence-corrected chi connectivity index (χ3v) is 7.89. The smallest absolute Gasteiger partial charge is 0.338 e. The highest BCUT2D eigenvalue weighted by Crippen LogP contribution is 2.38. The van der Waals surface area contributed by atoms with Gasteiger partial charge in [-0.1, -0.05) is 22.9 Å². The number of nitro benzene ring substituents is 1. The summed E-state index contributed by atoms with van der Waals surface area (Å²) in [4.78, 5) is 42.7. The SMILES string of the molecule is CCOC(=O)C1=C(C)N=c2s/c(=C\c3ccc(-c4cc([N+](=O)[O-])ccc4Cl)o3)c(=O)n2C1c1ccc(OC)cc1OC. The molecule has 0 radical (unpaired) electrons. The van der Waals surface area contributed by atoms with E-state index >= 15 is 0 Å². The number of nitro groups is 1. The van der Waals surface area contributed by atoms with Crippen molar-refractivity contribution in [3.8, 4) is 22.8 Å². The summed E-state index contributed by atoms with van der Waals surface area (Å²) in [5.41, 5.74) is 0.950. The van der Waals surface area contributed by atoms with Crippen LogP contribution in [0.4, 0.5) is 5.69 Å². The molecule has 4 aromatic rings. The van der Waals surface area contributed by atoms with E-state index in [1.165, 1.54) is 37.0 Å². The van der Waals surface area contributed by atoms with Gasteiger partial charge in [0.15, 0.2) is 4.80 Å². The van der Waals surface area contributed by atoms with Gasteiger partial charge in [-0.05, 0) is 44.2 Å². The zero-order chi connectivity index (χ0) is 30.1. The molecule has 0 aliphatic carbocycles. The number of nitrogens with zero attached hydrogens (tertiary/aromatic N) is 3. The summed E-state index contributed by atoms with van der Waals surface area (Å²) < 4.78 is 23.9. The number of ether oxygens (including phenoxy) is 3. The van der Waals surface area contributed by atoms with Gasteiger partial charge in [0.25, 0.3) is 11.2 Å². The molecule has 1 unspecified atom stereocenters. The number of fused-ring (bicyclic) bond motifs is 1. The topological polar surface area (TPSA) is 135 Å². The predicted molar refractivity (Wildman–Crippen MR) is 156 cm³/mol. The number of esters is 1. The molecule has 216 valence electrons. The van der Waals surface area contributed by atoms with Gasteiger partial charge in [-0.2, -0.15) is 0 Å². The van der Waals surface area contributed by atoms with Crippen LogP contribution >= 0.6 is 22.9 Å². The Labute approximate surface area is 247 Å². The van der Waals surface area contributed by atoms with E-state index in [2.05, 4.69) is 4.99 Å². The first-order valence-electron chi connectivity index (χ1n) is 12.6. The molecular weight excluding hydrogens is 586 g/mol. The molecule has 0 N–H and O–H groups in total. The normalized spacial score (nSPS) is 14.8. The van der Waals surface area contributed by atoms with Crippen LogP contribution in [0.15, 0.2) is 74.0 Å². The second-order valence-corrected chi connectivity index (χ2v) is 10.4. The number of benzene rings is 2. The third-order valence-electron chi connectivity index (χ3n) is 6.58. The molecule has 2 aromatic carbocycles. The number of allylic oxidation sites excluding steroid dienone is 1. The van der Waals surface area contributed by atoms with Crippen LogP contribution in [0.2, 0.25) is 5.02 Å². The fourth-order valence-electron chi connectivity index (χ4n) is 4.65. The van der Waals surface area contributed by atoms with E-state index in [9.17, 15) is 19.7 Å². The molecule has 1 atom stereocenters. The van der Waals surface area contributed by atoms with Gasteiger partial charge in [0, 0.05) is 35.4 Å². The van der Waals surface area contributed by atoms with E-state index in [1.807, 2.05) is 0 Å². The molecule has 0 bridgehead atoms. The lowest BCUT2D eigenvalue weighted by atomic mass is 9.95. The Hall–Kier alpha value is -4.68. The highest BCUT2D eigenvalue weighted by Gasteiger charge is 2.35. The van der Waals surface area contributed by atoms with E-state index in [1.54, 1.807) is 50.3 Å². The largest absolute Gasteiger partial charge is 0.497 e. The predicted octanol–water partition coefficient (Wildman–Crippen LogP) is 4.64. The number of rotatable bonds is 8. The van der Waals surface area contributed by atoms with Gasteiger partial charge in [0.05, 0.1) is 46.6 Å². The first-order chi connectivity index (χ1) is 20.2. The summed E-state index contributed by atoms with van der Waals surface area (Å²) >= 11 is 7.40. The number of hydrogen-bond acceptors (Lipinski definition) is 10. The lowest BCUT2D eigenvalue weighted by Gasteiger charge is -2.26. The van der Waals surface area contributed by atoms with Crippen LogP contribution in [0.3, 0.4) is 0 Å². The van der Waals surface area contributed by atoms with E-state index in [0.29, 0.717) is 44.6 Å². The van der Waals surface area contributed by atoms with Crippen molar-refractivity contribution in [1.82, 2.24) is 4.57 Å². The lowest BCUT2D eigenvalue weighted by molar-refractivity contribution is -0.384. The second kappa shape index (κ2) is 11.7. The van der Waals surface area contributed by atoms with Crippen molar-refractivity contribution in [2.45, 2.75) is 19.9 Å². The van der Waals surface area contributed by atoms with Crippen LogP contribution in [0.5, 0.6) is 11.5 Å². The van der Waals surface area contributed by atoms with Crippen molar-refractivity contribution in [1.29, 1.82) is 0 Å². The molecule has 0 spiro atoms. The molecule has 13 heteroatoms. The van der Waals surface area contributed by atoms with E-state index in [4.69, 9.17) is 30.2 Å². The van der Waals surface area contributed by atoms with Crippen molar-refractivity contribution in [3.05, 3.63) is 106 Å². The van der Waals surface area contributed by atoms with Crippen molar-refractivity contribution in [3.63, 3.8) is 0 Å². The molecule has 0 saturated carbocycles. The summed E-state index contributed by atoms with van der Waals surface area (Å²) in [7, 11) is 3.02. The Morgan fingerprint density at radius 3 is 2.67 bits per heavy atom. The van der Waals surface area contributed by atoms with Gasteiger partial charge >= 0.3 is 5.97 Å². The zero-order valence-corrected chi connectivity index (χ0v) is 24.4. The first-order valence-corrected chi connectivity index (χ1v) is 13.8. The van der Waals surface area contributed by atoms with Crippen LogP contribution in [0, 0.1) is 10.1 Å². The van der Waals surface area contributed by atoms with Gasteiger partial charge in [0.2, 0.25) is 0 Å². The van der Waals surface area contributed by atoms with Crippen LogP contribution in [-0.2, 0) is 9.53 Å². The maximum absolute atomic E-state index is 13.9. The van der Waals surface area contributed by atoms with Crippen LogP contribution in [0.25, 0.3) is 17.4 Å². The molecule has 2 aromatic heterocycles. The summed E-state index contributed by atoms with van der Waals surface area (Å²) in [5, 5.41) is 11.5. The third kappa shape index (κ3) is 5.21. The van der Waals surface area contributed by atoms with Crippen molar-refractivity contribution >= 4 is 40.7 Å². The zero-order valence-electron chi connectivity index (χ0n) is 22.9. The van der Waals surface area contributed by atoms with Crippen LogP contribution in [-0.4, -0.2) is 36.3 Å². The Bertz CT molecular complexity index is 1940. The average Bonchev–Trinajstić information content (AvgIpc) is 3.56. The number of carbonyl (C=O) groups is 1. The van der Waals surface area contributed by atoms with Gasteiger partial charge in [-0.15, -0.1) is 0 Å². The highest BCUT2D eigenvalue weighted by molar-refractivity contribution is 7.07. The summed E-state index contributed by atoms with van der Waals surface area (Å²) in [5.74, 6) is 0.968. The fraction of sp³-hybridized carbons (Fsp3) is 0.207. The lowest BCUT2D eigenvalue weighted by Crippen LogP contribution is -2.40. The van der Waals surface area contributed by atoms with E-state index in [0.717, 1.165) is 11.3 Å². The van der Waals surface area contributed by atoms with Crippen LogP contribution in [0.1, 0.15) is 31.2 Å². The Morgan fingerprint density at radius 1 is 1.19 bits per heavy atom. The fourth-order valence-corrected chi connectivity index (χ4v) is 5.89. The molecule has 5 rings (SSSR count). The van der Waals surface area contributed by atoms with Gasteiger partial charge < -0.3 is 18.6 Å². The molecule has 0 fully saturated rings. The molecule has 3 heterocycles. The number of furan rings is 1. The first kappa shape index (κ1) is 28.8. The maximum Gasteiger partial charge on any atom is 0.338 e. The standard InChI is InChI=1S/C29H24ClN3O8S/c1-5-40-28(35)25-15(2)31-29-32(26(25)19-9-7-17(38-3)13-23(19)39-4)27(34)24(42-29)14-18-8-11-22(41-18)20-12-16(33(36)37)6-10-21(20)30/h6-14,26H,5H2,1-4H3/b24-14-. The number of thiazole rings is 1. The maximum atomic E-state index is 13.9. The van der Waals surface area contributed by atoms with Crippen molar-refractivity contribution in [2.24, 2.45) is 4.99 Å². The quantitative estimate of drug-likeness (QED) is 0.160. The Balaban J connectivity index is 1.66. The number of aromatic nitrogens is 1. The minimum atomic E-state index is -0.890. The molecule has 0 amide bonds. The molecule has 1 aliphatic rings. The Morgan fingerprint density at radius 2 is 1.98 bits per heavy atom.